The van der Waals surface area contributed by atoms with Crippen LogP contribution in [-0.2, 0) is 0 Å². The van der Waals surface area contributed by atoms with Crippen molar-refractivity contribution >= 4 is 71.6 Å². The largest absolute Gasteiger partial charge is 0.455 e. The summed E-state index contributed by atoms with van der Waals surface area (Å²) in [6.07, 6.45) is 0. The third-order valence-corrected chi connectivity index (χ3v) is 11.0. The highest BCUT2D eigenvalue weighted by atomic mass is 16.3. The Hall–Kier alpha value is -7.36. The molecule has 11 rings (SSSR count). The van der Waals surface area contributed by atoms with Gasteiger partial charge in [-0.15, -0.1) is 0 Å². The fourth-order valence-electron chi connectivity index (χ4n) is 8.46. The molecule has 0 saturated heterocycles. The second-order valence-corrected chi connectivity index (χ2v) is 14.1. The van der Waals surface area contributed by atoms with Crippen molar-refractivity contribution in [2.45, 2.75) is 0 Å². The molecule has 0 amide bonds. The molecule has 2 heterocycles. The van der Waals surface area contributed by atoms with Crippen molar-refractivity contribution in [2.75, 3.05) is 4.90 Å². The maximum absolute atomic E-state index is 6.81. The molecule has 0 fully saturated rings. The van der Waals surface area contributed by atoms with Crippen LogP contribution >= 0.6 is 0 Å². The molecule has 2 aromatic heterocycles. The average Bonchev–Trinajstić information content (AvgIpc) is 3.79. The van der Waals surface area contributed by atoms with Crippen LogP contribution in [0.3, 0.4) is 0 Å². The second kappa shape index (κ2) is 12.6. The number of hydrogen-bond acceptors (Lipinski definition) is 2. The highest BCUT2D eigenvalue weighted by Gasteiger charge is 2.24. The van der Waals surface area contributed by atoms with E-state index in [0.717, 1.165) is 55.8 Å². The number of furan rings is 1. The summed E-state index contributed by atoms with van der Waals surface area (Å²) in [6, 6.07) is 73.9. The molecule has 0 aliphatic heterocycles. The molecule has 55 heavy (non-hydrogen) atoms. The maximum atomic E-state index is 6.81. The van der Waals surface area contributed by atoms with E-state index in [0.29, 0.717) is 0 Å². The van der Waals surface area contributed by atoms with Gasteiger partial charge in [0.2, 0.25) is 0 Å². The average molecular weight is 703 g/mol. The fourth-order valence-corrected chi connectivity index (χ4v) is 8.46. The number of para-hydroxylation sites is 6. The first-order valence-electron chi connectivity index (χ1n) is 18.8. The minimum absolute atomic E-state index is 0.885. The molecule has 0 saturated carbocycles. The predicted octanol–water partition coefficient (Wildman–Crippen LogP) is 14.6. The van der Waals surface area contributed by atoms with Gasteiger partial charge >= 0.3 is 0 Å². The number of aromatic nitrogens is 1. The Bertz CT molecular complexity index is 3150. The van der Waals surface area contributed by atoms with Gasteiger partial charge in [0.05, 0.1) is 28.1 Å². The smallest absolute Gasteiger partial charge is 0.143 e. The lowest BCUT2D eigenvalue weighted by atomic mass is 9.98. The molecule has 3 heteroatoms. The van der Waals surface area contributed by atoms with Crippen molar-refractivity contribution in [3.8, 4) is 27.9 Å². The van der Waals surface area contributed by atoms with E-state index < -0.39 is 0 Å². The van der Waals surface area contributed by atoms with Gasteiger partial charge in [0.25, 0.3) is 0 Å². The van der Waals surface area contributed by atoms with Crippen LogP contribution in [0.1, 0.15) is 0 Å². The van der Waals surface area contributed by atoms with E-state index in [9.17, 15) is 0 Å². The monoisotopic (exact) mass is 702 g/mol. The Balaban J connectivity index is 1.17. The Morgan fingerprint density at radius 3 is 1.71 bits per heavy atom. The van der Waals surface area contributed by atoms with Gasteiger partial charge in [0.1, 0.15) is 11.2 Å². The van der Waals surface area contributed by atoms with Gasteiger partial charge in [0, 0.05) is 38.4 Å². The van der Waals surface area contributed by atoms with Crippen LogP contribution in [0.4, 0.5) is 17.1 Å². The number of benzene rings is 9. The van der Waals surface area contributed by atoms with Crippen molar-refractivity contribution in [3.63, 3.8) is 0 Å². The summed E-state index contributed by atoms with van der Waals surface area (Å²) >= 11 is 0. The first-order valence-corrected chi connectivity index (χ1v) is 18.8. The number of hydrogen-bond donors (Lipinski definition) is 0. The summed E-state index contributed by atoms with van der Waals surface area (Å²) in [5.41, 5.74) is 12.9. The molecule has 0 aliphatic rings. The first kappa shape index (κ1) is 31.2. The SMILES string of the molecule is c1ccc(-c2ccc(N(c3ccccc3-c3cccc4c3oc3cc5ccccc5cc34)c3ccccc3-n3c4ccccc4c4ccccc43)cc2)cc1. The Morgan fingerprint density at radius 1 is 0.382 bits per heavy atom. The standard InChI is InChI=1S/C52H34N2O/c1-2-15-35(16-3-1)36-29-31-39(32-30-36)53(49-27-12-13-28-50(49)54-47-25-10-6-19-40(47)41-20-7-11-26-48(41)54)46-24-9-8-21-42(46)43-22-14-23-44-45-33-37-17-4-5-18-38(37)34-51(45)55-52(43)44/h1-34H. The Labute approximate surface area is 318 Å². The van der Waals surface area contributed by atoms with E-state index >= 15 is 0 Å². The van der Waals surface area contributed by atoms with E-state index in [4.69, 9.17) is 4.42 Å². The molecule has 0 radical (unpaired) electrons. The number of rotatable bonds is 6. The molecule has 9 aromatic carbocycles. The van der Waals surface area contributed by atoms with Gasteiger partial charge in [-0.25, -0.2) is 0 Å². The van der Waals surface area contributed by atoms with E-state index in [1.54, 1.807) is 0 Å². The molecule has 0 N–H and O–H groups in total. The minimum Gasteiger partial charge on any atom is -0.455 e. The lowest BCUT2D eigenvalue weighted by Crippen LogP contribution is -2.14. The topological polar surface area (TPSA) is 21.3 Å². The quantitative estimate of drug-likeness (QED) is 0.172. The van der Waals surface area contributed by atoms with Gasteiger partial charge in [0.15, 0.2) is 0 Å². The zero-order valence-corrected chi connectivity index (χ0v) is 29.9. The molecule has 3 nitrogen and oxygen atoms in total. The molecule has 11 aromatic rings. The van der Waals surface area contributed by atoms with Crippen LogP contribution in [0.2, 0.25) is 0 Å². The minimum atomic E-state index is 0.885. The highest BCUT2D eigenvalue weighted by molar-refractivity contribution is 6.14. The number of anilines is 3. The van der Waals surface area contributed by atoms with Crippen molar-refractivity contribution < 1.29 is 4.42 Å². The van der Waals surface area contributed by atoms with Crippen LogP contribution in [0.15, 0.2) is 211 Å². The van der Waals surface area contributed by atoms with Gasteiger partial charge in [-0.05, 0) is 76.5 Å². The van der Waals surface area contributed by atoms with Crippen molar-refractivity contribution in [2.24, 2.45) is 0 Å². The van der Waals surface area contributed by atoms with Gasteiger partial charge < -0.3 is 13.9 Å². The molecule has 0 aliphatic carbocycles. The number of nitrogens with zero attached hydrogens (tertiary/aromatic N) is 2. The third kappa shape index (κ3) is 5.05. The predicted molar refractivity (Wildman–Crippen MR) is 231 cm³/mol. The normalized spacial score (nSPS) is 11.6. The molecule has 0 bridgehead atoms. The van der Waals surface area contributed by atoms with Crippen molar-refractivity contribution in [1.29, 1.82) is 0 Å². The van der Waals surface area contributed by atoms with E-state index in [1.165, 1.54) is 43.7 Å². The van der Waals surface area contributed by atoms with Crippen LogP contribution in [0.25, 0.3) is 82.5 Å². The Kier molecular flexibility index (Phi) is 7.17. The van der Waals surface area contributed by atoms with Crippen molar-refractivity contribution in [1.82, 2.24) is 4.57 Å². The molecular weight excluding hydrogens is 669 g/mol. The summed E-state index contributed by atoms with van der Waals surface area (Å²) in [4.78, 5) is 2.42. The lowest BCUT2D eigenvalue weighted by molar-refractivity contribution is 0.670. The van der Waals surface area contributed by atoms with E-state index in [2.05, 4.69) is 216 Å². The molecule has 0 spiro atoms. The van der Waals surface area contributed by atoms with Gasteiger partial charge in [-0.3, -0.25) is 0 Å². The summed E-state index contributed by atoms with van der Waals surface area (Å²) in [5.74, 6) is 0. The maximum Gasteiger partial charge on any atom is 0.143 e. The highest BCUT2D eigenvalue weighted by Crippen LogP contribution is 2.47. The summed E-state index contributed by atoms with van der Waals surface area (Å²) < 4.78 is 9.23. The van der Waals surface area contributed by atoms with E-state index in [1.807, 2.05) is 0 Å². The number of fused-ring (bicyclic) bond motifs is 7. The molecule has 0 atom stereocenters. The van der Waals surface area contributed by atoms with Crippen LogP contribution < -0.4 is 4.90 Å². The second-order valence-electron chi connectivity index (χ2n) is 14.1. The summed E-state index contributed by atoms with van der Waals surface area (Å²) in [5, 5.41) is 7.07. The molecule has 0 unspecified atom stereocenters. The third-order valence-electron chi connectivity index (χ3n) is 11.0. The first-order chi connectivity index (χ1) is 27.3. The lowest BCUT2D eigenvalue weighted by Gasteiger charge is -2.30. The van der Waals surface area contributed by atoms with Crippen LogP contribution in [0, 0.1) is 0 Å². The van der Waals surface area contributed by atoms with Gasteiger partial charge in [-0.2, -0.15) is 0 Å². The fraction of sp³-hybridized carbons (Fsp3) is 0. The molecule has 258 valence electrons. The zero-order chi connectivity index (χ0) is 36.3. The van der Waals surface area contributed by atoms with Gasteiger partial charge in [-0.1, -0.05) is 152 Å². The van der Waals surface area contributed by atoms with Crippen LogP contribution in [-0.4, -0.2) is 4.57 Å². The zero-order valence-electron chi connectivity index (χ0n) is 29.9. The Morgan fingerprint density at radius 2 is 0.945 bits per heavy atom. The summed E-state index contributed by atoms with van der Waals surface area (Å²) in [6.45, 7) is 0. The van der Waals surface area contributed by atoms with Crippen molar-refractivity contribution in [3.05, 3.63) is 206 Å². The summed E-state index contributed by atoms with van der Waals surface area (Å²) in [7, 11) is 0. The van der Waals surface area contributed by atoms with E-state index in [-0.39, 0.29) is 0 Å². The van der Waals surface area contributed by atoms with Crippen LogP contribution in [0.5, 0.6) is 0 Å². The molecular formula is C52H34N2O.